The van der Waals surface area contributed by atoms with Crippen molar-refractivity contribution in [3.05, 3.63) is 71.1 Å². The standard InChI is InChI=1S/C21H21F3N2O2/c1-14(25-21(27)7-4-15-2-5-17(22)13-19(15)24)16-3-6-18(23)20(12-16)26-8-10-28-11-9-26/h2-7,12-14H,8-11H2,1H3,(H,25,27)/b7-4+. The fraction of sp³-hybridized carbons (Fsp3) is 0.286. The lowest BCUT2D eigenvalue weighted by Crippen LogP contribution is -2.37. The van der Waals surface area contributed by atoms with Gasteiger partial charge in [-0.25, -0.2) is 13.2 Å². The van der Waals surface area contributed by atoms with Crippen LogP contribution in [0.25, 0.3) is 6.08 Å². The van der Waals surface area contributed by atoms with Gasteiger partial charge in [-0.15, -0.1) is 0 Å². The highest BCUT2D eigenvalue weighted by atomic mass is 19.1. The lowest BCUT2D eigenvalue weighted by atomic mass is 10.1. The molecule has 1 saturated heterocycles. The second-order valence-electron chi connectivity index (χ2n) is 6.54. The lowest BCUT2D eigenvalue weighted by molar-refractivity contribution is -0.117. The molecule has 7 heteroatoms. The Morgan fingerprint density at radius 1 is 1.11 bits per heavy atom. The molecule has 3 rings (SSSR count). The van der Waals surface area contributed by atoms with E-state index in [0.29, 0.717) is 32.0 Å². The molecule has 0 saturated carbocycles. The van der Waals surface area contributed by atoms with Crippen LogP contribution in [0.1, 0.15) is 24.1 Å². The van der Waals surface area contributed by atoms with Gasteiger partial charge in [0, 0.05) is 30.8 Å². The lowest BCUT2D eigenvalue weighted by Gasteiger charge is -2.29. The summed E-state index contributed by atoms with van der Waals surface area (Å²) in [7, 11) is 0. The van der Waals surface area contributed by atoms with Crippen LogP contribution in [0, 0.1) is 17.5 Å². The van der Waals surface area contributed by atoms with Crippen molar-refractivity contribution in [1.29, 1.82) is 0 Å². The predicted molar refractivity (Wildman–Crippen MR) is 101 cm³/mol. The minimum absolute atomic E-state index is 0.112. The van der Waals surface area contributed by atoms with E-state index >= 15 is 0 Å². The fourth-order valence-corrected chi connectivity index (χ4v) is 2.99. The number of hydrogen-bond acceptors (Lipinski definition) is 3. The van der Waals surface area contributed by atoms with Crippen LogP contribution < -0.4 is 10.2 Å². The second-order valence-corrected chi connectivity index (χ2v) is 6.54. The molecule has 0 aromatic heterocycles. The third-order valence-corrected chi connectivity index (χ3v) is 4.56. The molecule has 148 valence electrons. The van der Waals surface area contributed by atoms with Gasteiger partial charge >= 0.3 is 0 Å². The number of nitrogens with zero attached hydrogens (tertiary/aromatic N) is 1. The third kappa shape index (κ3) is 4.92. The first-order valence-corrected chi connectivity index (χ1v) is 9.00. The second kappa shape index (κ2) is 8.93. The van der Waals surface area contributed by atoms with Gasteiger partial charge in [-0.3, -0.25) is 4.79 Å². The number of anilines is 1. The van der Waals surface area contributed by atoms with Crippen LogP contribution in [-0.2, 0) is 9.53 Å². The first-order chi connectivity index (χ1) is 13.4. The van der Waals surface area contributed by atoms with E-state index in [2.05, 4.69) is 5.32 Å². The summed E-state index contributed by atoms with van der Waals surface area (Å²) in [6.45, 7) is 4.07. The number of rotatable bonds is 5. The maximum absolute atomic E-state index is 14.2. The zero-order chi connectivity index (χ0) is 20.1. The van der Waals surface area contributed by atoms with Crippen LogP contribution in [-0.4, -0.2) is 32.2 Å². The number of carbonyl (C=O) groups is 1. The molecule has 1 heterocycles. The maximum Gasteiger partial charge on any atom is 0.244 e. The third-order valence-electron chi connectivity index (χ3n) is 4.56. The quantitative estimate of drug-likeness (QED) is 0.789. The van der Waals surface area contributed by atoms with Crippen molar-refractivity contribution in [2.75, 3.05) is 31.2 Å². The number of morpholine rings is 1. The van der Waals surface area contributed by atoms with Gasteiger partial charge in [0.1, 0.15) is 17.5 Å². The normalized spacial score (nSPS) is 15.6. The molecule has 28 heavy (non-hydrogen) atoms. The molecule has 1 fully saturated rings. The van der Waals surface area contributed by atoms with Crippen molar-refractivity contribution in [3.63, 3.8) is 0 Å². The summed E-state index contributed by atoms with van der Waals surface area (Å²) >= 11 is 0. The number of halogens is 3. The van der Waals surface area contributed by atoms with Crippen molar-refractivity contribution < 1.29 is 22.7 Å². The number of hydrogen-bond donors (Lipinski definition) is 1. The van der Waals surface area contributed by atoms with Gasteiger partial charge < -0.3 is 15.0 Å². The van der Waals surface area contributed by atoms with Crippen LogP contribution in [0.15, 0.2) is 42.5 Å². The molecular formula is C21H21F3N2O2. The Balaban J connectivity index is 1.67. The highest BCUT2D eigenvalue weighted by Crippen LogP contribution is 2.25. The molecule has 1 aliphatic rings. The summed E-state index contributed by atoms with van der Waals surface area (Å²) in [4.78, 5) is 14.0. The molecule has 1 N–H and O–H groups in total. The van der Waals surface area contributed by atoms with Crippen LogP contribution in [0.2, 0.25) is 0 Å². The molecule has 1 unspecified atom stereocenters. The average Bonchev–Trinajstić information content (AvgIpc) is 2.68. The van der Waals surface area contributed by atoms with Crippen molar-refractivity contribution in [2.24, 2.45) is 0 Å². The van der Waals surface area contributed by atoms with Gasteiger partial charge in [0.2, 0.25) is 5.91 Å². The summed E-state index contributed by atoms with van der Waals surface area (Å²) in [6, 6.07) is 7.47. The topological polar surface area (TPSA) is 41.6 Å². The smallest absolute Gasteiger partial charge is 0.244 e. The van der Waals surface area contributed by atoms with Crippen molar-refractivity contribution in [1.82, 2.24) is 5.32 Å². The van der Waals surface area contributed by atoms with E-state index in [0.717, 1.165) is 17.7 Å². The zero-order valence-electron chi connectivity index (χ0n) is 15.4. The Morgan fingerprint density at radius 2 is 1.86 bits per heavy atom. The molecular weight excluding hydrogens is 369 g/mol. The largest absolute Gasteiger partial charge is 0.378 e. The monoisotopic (exact) mass is 390 g/mol. The van der Waals surface area contributed by atoms with Crippen LogP contribution >= 0.6 is 0 Å². The summed E-state index contributed by atoms with van der Waals surface area (Å²) < 4.78 is 46.0. The van der Waals surface area contributed by atoms with E-state index < -0.39 is 17.5 Å². The van der Waals surface area contributed by atoms with E-state index in [4.69, 9.17) is 4.74 Å². The van der Waals surface area contributed by atoms with Crippen molar-refractivity contribution in [3.8, 4) is 0 Å². The molecule has 0 spiro atoms. The molecule has 1 atom stereocenters. The minimum Gasteiger partial charge on any atom is -0.378 e. The average molecular weight is 390 g/mol. The van der Waals surface area contributed by atoms with Gasteiger partial charge in [-0.1, -0.05) is 6.07 Å². The predicted octanol–water partition coefficient (Wildman–Crippen LogP) is 3.83. The minimum atomic E-state index is -0.745. The number of nitrogens with one attached hydrogen (secondary N) is 1. The Morgan fingerprint density at radius 3 is 2.57 bits per heavy atom. The Bertz CT molecular complexity index is 880. The summed E-state index contributed by atoms with van der Waals surface area (Å²) in [5.41, 5.74) is 1.34. The van der Waals surface area contributed by atoms with Crippen LogP contribution in [0.4, 0.5) is 18.9 Å². The number of amides is 1. The van der Waals surface area contributed by atoms with E-state index in [1.54, 1.807) is 19.1 Å². The number of benzene rings is 2. The molecule has 0 bridgehead atoms. The SMILES string of the molecule is CC(NC(=O)/C=C/c1ccc(F)cc1F)c1ccc(F)c(N2CCOCC2)c1. The van der Waals surface area contributed by atoms with Gasteiger partial charge in [-0.2, -0.15) is 0 Å². The summed E-state index contributed by atoms with van der Waals surface area (Å²) in [6.07, 6.45) is 2.46. The first-order valence-electron chi connectivity index (χ1n) is 9.00. The fourth-order valence-electron chi connectivity index (χ4n) is 2.99. The Labute approximate surface area is 161 Å². The van der Waals surface area contributed by atoms with Crippen LogP contribution in [0.3, 0.4) is 0 Å². The van der Waals surface area contributed by atoms with E-state index in [9.17, 15) is 18.0 Å². The molecule has 2 aromatic carbocycles. The summed E-state index contributed by atoms with van der Waals surface area (Å²) in [5.74, 6) is -2.18. The van der Waals surface area contributed by atoms with E-state index in [-0.39, 0.29) is 17.4 Å². The molecule has 4 nitrogen and oxygen atoms in total. The molecule has 1 amide bonds. The van der Waals surface area contributed by atoms with E-state index in [1.165, 1.54) is 24.3 Å². The van der Waals surface area contributed by atoms with Crippen LogP contribution in [0.5, 0.6) is 0 Å². The van der Waals surface area contributed by atoms with Gasteiger partial charge in [0.05, 0.1) is 24.9 Å². The highest BCUT2D eigenvalue weighted by Gasteiger charge is 2.17. The van der Waals surface area contributed by atoms with Gasteiger partial charge in [0.25, 0.3) is 0 Å². The zero-order valence-corrected chi connectivity index (χ0v) is 15.4. The molecule has 0 aliphatic carbocycles. The molecule has 0 radical (unpaired) electrons. The highest BCUT2D eigenvalue weighted by molar-refractivity contribution is 5.92. The van der Waals surface area contributed by atoms with Crippen molar-refractivity contribution in [2.45, 2.75) is 13.0 Å². The maximum atomic E-state index is 14.2. The molecule has 1 aliphatic heterocycles. The Kier molecular flexibility index (Phi) is 6.36. The first kappa shape index (κ1) is 19.9. The number of ether oxygens (including phenoxy) is 1. The Hall–Kier alpha value is -2.80. The molecule has 2 aromatic rings. The van der Waals surface area contributed by atoms with Crippen molar-refractivity contribution >= 4 is 17.7 Å². The van der Waals surface area contributed by atoms with E-state index in [1.807, 2.05) is 4.90 Å². The number of carbonyl (C=O) groups excluding carboxylic acids is 1. The van der Waals surface area contributed by atoms with Gasteiger partial charge in [0.15, 0.2) is 0 Å². The summed E-state index contributed by atoms with van der Waals surface area (Å²) in [5, 5.41) is 2.76. The van der Waals surface area contributed by atoms with Gasteiger partial charge in [-0.05, 0) is 42.8 Å².